The Morgan fingerprint density at radius 2 is 1.73 bits per heavy atom. The number of carbonyl (C=O) groups excluding carboxylic acids is 2. The molecule has 122 valence electrons. The van der Waals surface area contributed by atoms with Gasteiger partial charge in [0.25, 0.3) is 0 Å². The first-order valence-electron chi connectivity index (χ1n) is 7.53. The minimum atomic E-state index is -0.175. The third-order valence-corrected chi connectivity index (χ3v) is 3.30. The van der Waals surface area contributed by atoms with Gasteiger partial charge < -0.3 is 14.2 Å². The molecule has 0 aliphatic heterocycles. The van der Waals surface area contributed by atoms with Gasteiger partial charge in [0.1, 0.15) is 11.5 Å². The van der Waals surface area contributed by atoms with E-state index in [0.29, 0.717) is 36.5 Å². The molecule has 0 amide bonds. The van der Waals surface area contributed by atoms with Crippen molar-refractivity contribution in [2.75, 3.05) is 20.8 Å². The predicted octanol–water partition coefficient (Wildman–Crippen LogP) is 3.40. The molecule has 0 aliphatic carbocycles. The van der Waals surface area contributed by atoms with Gasteiger partial charge in [0.15, 0.2) is 5.78 Å². The van der Waals surface area contributed by atoms with Crippen molar-refractivity contribution in [1.82, 2.24) is 0 Å². The number of benzene rings is 1. The molecular formula is C17H24O5. The summed E-state index contributed by atoms with van der Waals surface area (Å²) in [4.78, 5) is 23.4. The van der Waals surface area contributed by atoms with Crippen molar-refractivity contribution < 1.29 is 23.8 Å². The molecule has 1 aromatic rings. The maximum absolute atomic E-state index is 12.2. The molecule has 5 heteroatoms. The number of methoxy groups -OCH3 is 2. The van der Waals surface area contributed by atoms with Crippen LogP contribution in [0, 0.1) is 0 Å². The second-order valence-electron chi connectivity index (χ2n) is 4.86. The van der Waals surface area contributed by atoms with Gasteiger partial charge in [0, 0.05) is 18.9 Å². The third-order valence-electron chi connectivity index (χ3n) is 3.30. The fraction of sp³-hybridized carbons (Fsp3) is 0.529. The molecule has 22 heavy (non-hydrogen) atoms. The summed E-state index contributed by atoms with van der Waals surface area (Å²) in [6, 6.07) is 5.17. The summed E-state index contributed by atoms with van der Waals surface area (Å²) >= 11 is 0. The van der Waals surface area contributed by atoms with Crippen LogP contribution < -0.4 is 9.47 Å². The highest BCUT2D eigenvalue weighted by atomic mass is 16.5. The summed E-state index contributed by atoms with van der Waals surface area (Å²) in [5, 5.41) is 0. The summed E-state index contributed by atoms with van der Waals surface area (Å²) in [5.41, 5.74) is 0.564. The first-order chi connectivity index (χ1) is 10.6. The molecule has 0 fully saturated rings. The zero-order valence-corrected chi connectivity index (χ0v) is 13.5. The van der Waals surface area contributed by atoms with Crippen molar-refractivity contribution in [1.29, 1.82) is 0 Å². The van der Waals surface area contributed by atoms with Gasteiger partial charge in [-0.2, -0.15) is 0 Å². The molecule has 0 unspecified atom stereocenters. The van der Waals surface area contributed by atoms with E-state index in [1.165, 1.54) is 7.11 Å². The Kier molecular flexibility index (Phi) is 8.04. The maximum Gasteiger partial charge on any atom is 0.305 e. The lowest BCUT2D eigenvalue weighted by atomic mass is 10.0. The highest BCUT2D eigenvalue weighted by Crippen LogP contribution is 2.26. The molecule has 0 saturated heterocycles. The molecular weight excluding hydrogens is 284 g/mol. The lowest BCUT2D eigenvalue weighted by Crippen LogP contribution is -2.04. The molecule has 0 aromatic heterocycles. The van der Waals surface area contributed by atoms with Gasteiger partial charge in [0.2, 0.25) is 0 Å². The van der Waals surface area contributed by atoms with Crippen molar-refractivity contribution in [3.05, 3.63) is 23.8 Å². The molecule has 1 rings (SSSR count). The van der Waals surface area contributed by atoms with Crippen LogP contribution in [0.1, 0.15) is 49.4 Å². The first kappa shape index (κ1) is 18.0. The average Bonchev–Trinajstić information content (AvgIpc) is 2.53. The summed E-state index contributed by atoms with van der Waals surface area (Å²) in [7, 11) is 3.10. The summed E-state index contributed by atoms with van der Waals surface area (Å²) < 4.78 is 15.2. The molecule has 0 heterocycles. The SMILES string of the molecule is CCOC(=O)CCCCCC(=O)c1ccc(OC)cc1OC. The summed E-state index contributed by atoms with van der Waals surface area (Å²) in [6.45, 7) is 2.20. The number of Topliss-reactive ketones (excluding diaryl/α,β-unsaturated/α-hetero) is 1. The van der Waals surface area contributed by atoms with Gasteiger partial charge in [-0.3, -0.25) is 9.59 Å². The monoisotopic (exact) mass is 308 g/mol. The molecule has 0 aliphatic rings. The zero-order chi connectivity index (χ0) is 16.4. The van der Waals surface area contributed by atoms with Crippen LogP contribution in [0.3, 0.4) is 0 Å². The topological polar surface area (TPSA) is 61.8 Å². The number of ketones is 1. The van der Waals surface area contributed by atoms with E-state index < -0.39 is 0 Å². The lowest BCUT2D eigenvalue weighted by molar-refractivity contribution is -0.143. The standard InChI is InChI=1S/C17H24O5/c1-4-22-17(19)9-7-5-6-8-15(18)14-11-10-13(20-2)12-16(14)21-3/h10-12H,4-9H2,1-3H3. The van der Waals surface area contributed by atoms with Gasteiger partial charge in [-0.05, 0) is 31.9 Å². The Morgan fingerprint density at radius 1 is 1.00 bits per heavy atom. The molecule has 0 atom stereocenters. The summed E-state index contributed by atoms with van der Waals surface area (Å²) in [5.74, 6) is 1.04. The maximum atomic E-state index is 12.2. The fourth-order valence-corrected chi connectivity index (χ4v) is 2.13. The Bertz CT molecular complexity index is 496. The Balaban J connectivity index is 2.41. The third kappa shape index (κ3) is 5.76. The van der Waals surface area contributed by atoms with E-state index in [4.69, 9.17) is 14.2 Å². The smallest absolute Gasteiger partial charge is 0.305 e. The van der Waals surface area contributed by atoms with Crippen molar-refractivity contribution in [3.8, 4) is 11.5 Å². The van der Waals surface area contributed by atoms with Gasteiger partial charge in [-0.25, -0.2) is 0 Å². The van der Waals surface area contributed by atoms with Crippen molar-refractivity contribution >= 4 is 11.8 Å². The molecule has 0 radical (unpaired) electrons. The number of hydrogen-bond donors (Lipinski definition) is 0. The average molecular weight is 308 g/mol. The van der Waals surface area contributed by atoms with Crippen molar-refractivity contribution in [3.63, 3.8) is 0 Å². The summed E-state index contributed by atoms with van der Waals surface area (Å²) in [6.07, 6.45) is 3.15. The molecule has 1 aromatic carbocycles. The molecule has 0 N–H and O–H groups in total. The van der Waals surface area contributed by atoms with E-state index in [1.807, 2.05) is 0 Å². The van der Waals surface area contributed by atoms with E-state index >= 15 is 0 Å². The van der Waals surface area contributed by atoms with E-state index in [1.54, 1.807) is 32.2 Å². The van der Waals surface area contributed by atoms with Crippen LogP contribution in [0.25, 0.3) is 0 Å². The fourth-order valence-electron chi connectivity index (χ4n) is 2.13. The first-order valence-corrected chi connectivity index (χ1v) is 7.53. The number of esters is 1. The van der Waals surface area contributed by atoms with E-state index in [2.05, 4.69) is 0 Å². The Morgan fingerprint density at radius 3 is 2.36 bits per heavy atom. The van der Waals surface area contributed by atoms with Crippen LogP contribution in [-0.2, 0) is 9.53 Å². The minimum absolute atomic E-state index is 0.0376. The Hall–Kier alpha value is -2.04. The number of rotatable bonds is 10. The van der Waals surface area contributed by atoms with Crippen molar-refractivity contribution in [2.24, 2.45) is 0 Å². The van der Waals surface area contributed by atoms with Crippen molar-refractivity contribution in [2.45, 2.75) is 39.0 Å². The lowest BCUT2D eigenvalue weighted by Gasteiger charge is -2.09. The second-order valence-corrected chi connectivity index (χ2v) is 4.86. The largest absolute Gasteiger partial charge is 0.497 e. The van der Waals surface area contributed by atoms with Crippen LogP contribution >= 0.6 is 0 Å². The van der Waals surface area contributed by atoms with Gasteiger partial charge >= 0.3 is 5.97 Å². The number of carbonyl (C=O) groups is 2. The number of unbranched alkanes of at least 4 members (excludes halogenated alkanes) is 2. The molecule has 0 bridgehead atoms. The van der Waals surface area contributed by atoms with E-state index in [0.717, 1.165) is 19.3 Å². The van der Waals surface area contributed by atoms with Crippen LogP contribution in [0.4, 0.5) is 0 Å². The highest BCUT2D eigenvalue weighted by molar-refractivity contribution is 5.98. The van der Waals surface area contributed by atoms with E-state index in [9.17, 15) is 9.59 Å². The van der Waals surface area contributed by atoms with Gasteiger partial charge in [-0.1, -0.05) is 6.42 Å². The van der Waals surface area contributed by atoms with Gasteiger partial charge in [-0.15, -0.1) is 0 Å². The second kappa shape index (κ2) is 9.82. The van der Waals surface area contributed by atoms with Crippen LogP contribution in [0.2, 0.25) is 0 Å². The van der Waals surface area contributed by atoms with Crippen LogP contribution in [0.5, 0.6) is 11.5 Å². The number of hydrogen-bond acceptors (Lipinski definition) is 5. The zero-order valence-electron chi connectivity index (χ0n) is 13.5. The number of ether oxygens (including phenoxy) is 3. The normalized spacial score (nSPS) is 10.1. The van der Waals surface area contributed by atoms with E-state index in [-0.39, 0.29) is 11.8 Å². The highest BCUT2D eigenvalue weighted by Gasteiger charge is 2.13. The molecule has 5 nitrogen and oxygen atoms in total. The van der Waals surface area contributed by atoms with Crippen LogP contribution in [-0.4, -0.2) is 32.6 Å². The quantitative estimate of drug-likeness (QED) is 0.376. The van der Waals surface area contributed by atoms with Crippen LogP contribution in [0.15, 0.2) is 18.2 Å². The predicted molar refractivity (Wildman–Crippen MR) is 83.6 cm³/mol. The molecule has 0 saturated carbocycles. The van der Waals surface area contributed by atoms with Gasteiger partial charge in [0.05, 0.1) is 26.4 Å². The molecule has 0 spiro atoms. The minimum Gasteiger partial charge on any atom is -0.497 e. The Labute approximate surface area is 131 Å².